The van der Waals surface area contributed by atoms with E-state index in [0.717, 1.165) is 55.0 Å². The highest BCUT2D eigenvalue weighted by atomic mass is 16.5. The second-order valence-electron chi connectivity index (χ2n) is 6.77. The molecular weight excluding hydrogens is 320 g/mol. The number of carbonyl (C=O) groups is 1. The topological polar surface area (TPSA) is 79.6 Å². The van der Waals surface area contributed by atoms with Crippen molar-refractivity contribution in [3.63, 3.8) is 0 Å². The van der Waals surface area contributed by atoms with Crippen molar-refractivity contribution in [1.82, 2.24) is 15.2 Å². The first-order chi connectivity index (χ1) is 12.2. The second-order valence-corrected chi connectivity index (χ2v) is 6.77. The summed E-state index contributed by atoms with van der Waals surface area (Å²) in [6, 6.07) is 5.71. The van der Waals surface area contributed by atoms with Crippen LogP contribution in [0.3, 0.4) is 0 Å². The summed E-state index contributed by atoms with van der Waals surface area (Å²) >= 11 is 0. The summed E-state index contributed by atoms with van der Waals surface area (Å²) in [5.74, 6) is 1.30. The molecule has 1 aromatic heterocycles. The molecule has 1 atom stereocenters. The molecule has 25 heavy (non-hydrogen) atoms. The molecule has 1 aromatic carbocycles. The van der Waals surface area contributed by atoms with Crippen molar-refractivity contribution < 1.29 is 13.9 Å². The minimum atomic E-state index is -0.0797. The fraction of sp³-hybridized carbons (Fsp3) is 0.556. The average Bonchev–Trinajstić information content (AvgIpc) is 3.39. The van der Waals surface area contributed by atoms with Gasteiger partial charge in [0.2, 0.25) is 0 Å². The Kier molecular flexibility index (Phi) is 4.59. The number of anilines is 1. The van der Waals surface area contributed by atoms with Gasteiger partial charge in [-0.1, -0.05) is 0 Å². The summed E-state index contributed by atoms with van der Waals surface area (Å²) in [5, 5.41) is 6.33. The number of benzene rings is 1. The molecule has 7 heteroatoms. The van der Waals surface area contributed by atoms with Gasteiger partial charge in [0.15, 0.2) is 11.5 Å². The molecule has 2 heterocycles. The Hall–Kier alpha value is -2.12. The van der Waals surface area contributed by atoms with Gasteiger partial charge >= 0.3 is 6.03 Å². The molecule has 1 aliphatic heterocycles. The number of rotatable bonds is 5. The smallest absolute Gasteiger partial charge is 0.322 e. The SMILES string of the molecule is COCCC1CNCCN1C(=O)Nc1ccc2nc(C3CC3)oc2c1. The fourth-order valence-electron chi connectivity index (χ4n) is 3.26. The molecule has 4 rings (SSSR count). The highest BCUT2D eigenvalue weighted by Crippen LogP contribution is 2.40. The zero-order chi connectivity index (χ0) is 17.2. The molecule has 1 aliphatic carbocycles. The number of nitrogens with zero attached hydrogens (tertiary/aromatic N) is 2. The Morgan fingerprint density at radius 2 is 2.36 bits per heavy atom. The maximum atomic E-state index is 12.7. The molecule has 1 saturated heterocycles. The number of amides is 2. The number of fused-ring (bicyclic) bond motifs is 1. The van der Waals surface area contributed by atoms with Gasteiger partial charge < -0.3 is 24.7 Å². The molecule has 7 nitrogen and oxygen atoms in total. The summed E-state index contributed by atoms with van der Waals surface area (Å²) in [5.41, 5.74) is 2.32. The van der Waals surface area contributed by atoms with Gasteiger partial charge in [-0.2, -0.15) is 0 Å². The first-order valence-corrected chi connectivity index (χ1v) is 8.92. The van der Waals surface area contributed by atoms with Crippen LogP contribution in [0.5, 0.6) is 0 Å². The number of oxazole rings is 1. The van der Waals surface area contributed by atoms with E-state index < -0.39 is 0 Å². The van der Waals surface area contributed by atoms with Crippen molar-refractivity contribution in [1.29, 1.82) is 0 Å². The van der Waals surface area contributed by atoms with Crippen LogP contribution < -0.4 is 10.6 Å². The highest BCUT2D eigenvalue weighted by molar-refractivity contribution is 5.91. The monoisotopic (exact) mass is 344 g/mol. The zero-order valence-corrected chi connectivity index (χ0v) is 14.5. The normalized spacial score (nSPS) is 20.8. The third-order valence-electron chi connectivity index (χ3n) is 4.85. The molecule has 1 saturated carbocycles. The number of hydrogen-bond donors (Lipinski definition) is 2. The summed E-state index contributed by atoms with van der Waals surface area (Å²) < 4.78 is 11.0. The number of aromatic nitrogens is 1. The number of piperazine rings is 1. The van der Waals surface area contributed by atoms with Crippen molar-refractivity contribution in [3.05, 3.63) is 24.1 Å². The summed E-state index contributed by atoms with van der Waals surface area (Å²) in [6.07, 6.45) is 3.13. The second kappa shape index (κ2) is 7.01. The van der Waals surface area contributed by atoms with Crippen molar-refractivity contribution >= 4 is 22.8 Å². The van der Waals surface area contributed by atoms with E-state index >= 15 is 0 Å². The Bertz CT molecular complexity index is 756. The first kappa shape index (κ1) is 16.4. The molecule has 2 N–H and O–H groups in total. The number of ether oxygens (including phenoxy) is 1. The Labute approximate surface area is 146 Å². The molecule has 2 aliphatic rings. The Balaban J connectivity index is 1.46. The molecule has 2 amide bonds. The molecule has 2 fully saturated rings. The van der Waals surface area contributed by atoms with Gasteiger partial charge in [-0.15, -0.1) is 0 Å². The zero-order valence-electron chi connectivity index (χ0n) is 14.5. The maximum Gasteiger partial charge on any atom is 0.322 e. The third-order valence-corrected chi connectivity index (χ3v) is 4.85. The van der Waals surface area contributed by atoms with Gasteiger partial charge in [0, 0.05) is 57.1 Å². The summed E-state index contributed by atoms with van der Waals surface area (Å²) in [6.45, 7) is 2.94. The van der Waals surface area contributed by atoms with E-state index in [1.54, 1.807) is 7.11 Å². The lowest BCUT2D eigenvalue weighted by molar-refractivity contribution is 0.130. The van der Waals surface area contributed by atoms with Crippen molar-refractivity contribution in [2.45, 2.75) is 31.2 Å². The first-order valence-electron chi connectivity index (χ1n) is 8.92. The standard InChI is InChI=1S/C18H24N4O3/c1-24-9-6-14-11-19-7-8-22(14)18(23)20-13-4-5-15-16(10-13)25-17(21-15)12-2-3-12/h4-5,10,12,14,19H,2-3,6-9,11H2,1H3,(H,20,23). The Morgan fingerprint density at radius 1 is 1.48 bits per heavy atom. The molecule has 0 bridgehead atoms. The van der Waals surface area contributed by atoms with Crippen LogP contribution in [0.2, 0.25) is 0 Å². The molecular formula is C18H24N4O3. The van der Waals surface area contributed by atoms with Crippen LogP contribution in [0.4, 0.5) is 10.5 Å². The van der Waals surface area contributed by atoms with Gasteiger partial charge in [-0.25, -0.2) is 9.78 Å². The van der Waals surface area contributed by atoms with E-state index in [0.29, 0.717) is 19.1 Å². The van der Waals surface area contributed by atoms with Gasteiger partial charge in [-0.3, -0.25) is 0 Å². The average molecular weight is 344 g/mol. The van der Waals surface area contributed by atoms with Crippen molar-refractivity contribution in [2.75, 3.05) is 38.7 Å². The molecule has 0 spiro atoms. The van der Waals surface area contributed by atoms with E-state index in [9.17, 15) is 4.79 Å². The minimum Gasteiger partial charge on any atom is -0.440 e. The van der Waals surface area contributed by atoms with Crippen LogP contribution in [0, 0.1) is 0 Å². The van der Waals surface area contributed by atoms with Gasteiger partial charge in [-0.05, 0) is 31.4 Å². The van der Waals surface area contributed by atoms with Crippen molar-refractivity contribution in [3.8, 4) is 0 Å². The van der Waals surface area contributed by atoms with E-state index in [1.807, 2.05) is 23.1 Å². The van der Waals surface area contributed by atoms with E-state index in [-0.39, 0.29) is 12.1 Å². The molecule has 1 unspecified atom stereocenters. The largest absolute Gasteiger partial charge is 0.440 e. The lowest BCUT2D eigenvalue weighted by atomic mass is 10.1. The van der Waals surface area contributed by atoms with E-state index in [4.69, 9.17) is 9.15 Å². The van der Waals surface area contributed by atoms with E-state index in [1.165, 1.54) is 0 Å². The minimum absolute atomic E-state index is 0.0797. The highest BCUT2D eigenvalue weighted by Gasteiger charge is 2.29. The van der Waals surface area contributed by atoms with Gasteiger partial charge in [0.25, 0.3) is 0 Å². The quantitative estimate of drug-likeness (QED) is 0.871. The number of carbonyl (C=O) groups excluding carboxylic acids is 1. The van der Waals surface area contributed by atoms with E-state index in [2.05, 4.69) is 15.6 Å². The van der Waals surface area contributed by atoms with Crippen LogP contribution in [-0.2, 0) is 4.74 Å². The number of methoxy groups -OCH3 is 1. The van der Waals surface area contributed by atoms with Crippen LogP contribution >= 0.6 is 0 Å². The lowest BCUT2D eigenvalue weighted by Crippen LogP contribution is -2.55. The van der Waals surface area contributed by atoms with Gasteiger partial charge in [0.1, 0.15) is 5.52 Å². The molecule has 0 radical (unpaired) electrons. The summed E-state index contributed by atoms with van der Waals surface area (Å²) in [7, 11) is 1.68. The fourth-order valence-corrected chi connectivity index (χ4v) is 3.26. The summed E-state index contributed by atoms with van der Waals surface area (Å²) in [4.78, 5) is 19.1. The van der Waals surface area contributed by atoms with Gasteiger partial charge in [0.05, 0.1) is 0 Å². The maximum absolute atomic E-state index is 12.7. The van der Waals surface area contributed by atoms with Crippen LogP contribution in [0.25, 0.3) is 11.1 Å². The predicted octanol–water partition coefficient (Wildman–Crippen LogP) is 2.55. The number of urea groups is 1. The lowest BCUT2D eigenvalue weighted by Gasteiger charge is -2.36. The van der Waals surface area contributed by atoms with Crippen molar-refractivity contribution in [2.24, 2.45) is 0 Å². The van der Waals surface area contributed by atoms with Crippen LogP contribution in [0.15, 0.2) is 22.6 Å². The molecule has 2 aromatic rings. The predicted molar refractivity (Wildman–Crippen MR) is 94.9 cm³/mol. The van der Waals surface area contributed by atoms with Crippen LogP contribution in [-0.4, -0.2) is 55.3 Å². The Morgan fingerprint density at radius 3 is 3.16 bits per heavy atom. The van der Waals surface area contributed by atoms with Crippen LogP contribution in [0.1, 0.15) is 31.1 Å². The third kappa shape index (κ3) is 3.62. The number of nitrogens with one attached hydrogen (secondary N) is 2. The molecule has 134 valence electrons. The number of hydrogen-bond acceptors (Lipinski definition) is 5.